The molecule has 0 bridgehead atoms. The van der Waals surface area contributed by atoms with Crippen molar-refractivity contribution in [3.8, 4) is 5.75 Å². The zero-order valence-corrected chi connectivity index (χ0v) is 20.3. The van der Waals surface area contributed by atoms with Crippen molar-refractivity contribution in [3.05, 3.63) is 53.1 Å². The molecule has 0 spiro atoms. The molecule has 4 rings (SSSR count). The number of halogens is 2. The summed E-state index contributed by atoms with van der Waals surface area (Å²) >= 11 is 7.82. The number of carbonyl (C=O) groups excluding carboxylic acids is 1. The number of carbonyl (C=O) groups is 1. The van der Waals surface area contributed by atoms with Crippen LogP contribution in [0.2, 0.25) is 5.02 Å². The number of thiazole rings is 1. The van der Waals surface area contributed by atoms with Gasteiger partial charge in [-0.1, -0.05) is 29.0 Å². The molecule has 0 unspecified atom stereocenters. The monoisotopic (exact) mass is 495 g/mol. The number of fused-ring (bicyclic) bond motifs is 1. The number of morpholine rings is 1. The average Bonchev–Trinajstić information content (AvgIpc) is 3.23. The summed E-state index contributed by atoms with van der Waals surface area (Å²) in [5.74, 6) is 0.685. The first-order valence-electron chi connectivity index (χ1n) is 10.6. The molecule has 3 aromatic rings. The molecule has 32 heavy (non-hydrogen) atoms. The zero-order chi connectivity index (χ0) is 21.6. The molecule has 0 radical (unpaired) electrons. The Kier molecular flexibility index (Phi) is 9.13. The summed E-state index contributed by atoms with van der Waals surface area (Å²) in [5, 5.41) is 1.27. The Labute approximate surface area is 203 Å². The zero-order valence-electron chi connectivity index (χ0n) is 18.0. The van der Waals surface area contributed by atoms with Gasteiger partial charge in [0.1, 0.15) is 11.3 Å². The number of para-hydroxylation sites is 1. The Morgan fingerprint density at radius 1 is 1.22 bits per heavy atom. The molecule has 0 atom stereocenters. The summed E-state index contributed by atoms with van der Waals surface area (Å²) in [6.45, 7) is 7.44. The number of amides is 1. The summed E-state index contributed by atoms with van der Waals surface area (Å²) in [7, 11) is 0. The summed E-state index contributed by atoms with van der Waals surface area (Å²) in [6, 6.07) is 13.0. The van der Waals surface area contributed by atoms with Gasteiger partial charge in [0.05, 0.1) is 29.5 Å². The second-order valence-electron chi connectivity index (χ2n) is 7.30. The third-order valence-electron chi connectivity index (χ3n) is 5.21. The number of hydrogen-bond acceptors (Lipinski definition) is 6. The second kappa shape index (κ2) is 11.8. The van der Waals surface area contributed by atoms with Gasteiger partial charge in [-0.25, -0.2) is 4.98 Å². The van der Waals surface area contributed by atoms with E-state index in [0.29, 0.717) is 28.9 Å². The molecule has 9 heteroatoms. The molecule has 1 fully saturated rings. The molecule has 2 aromatic carbocycles. The molecule has 0 saturated carbocycles. The minimum Gasteiger partial charge on any atom is -0.494 e. The number of nitrogens with zero attached hydrogens (tertiary/aromatic N) is 3. The molecule has 172 valence electrons. The first-order valence-corrected chi connectivity index (χ1v) is 11.7. The van der Waals surface area contributed by atoms with Crippen LogP contribution in [0.25, 0.3) is 10.2 Å². The lowest BCUT2D eigenvalue weighted by molar-refractivity contribution is 0.0376. The van der Waals surface area contributed by atoms with Gasteiger partial charge in [-0.15, -0.1) is 12.4 Å². The summed E-state index contributed by atoms with van der Waals surface area (Å²) in [4.78, 5) is 22.3. The van der Waals surface area contributed by atoms with Crippen LogP contribution in [-0.2, 0) is 4.74 Å². The lowest BCUT2D eigenvalue weighted by atomic mass is 10.2. The fraction of sp³-hybridized carbons (Fsp3) is 0.391. The van der Waals surface area contributed by atoms with Gasteiger partial charge in [-0.05, 0) is 49.7 Å². The van der Waals surface area contributed by atoms with Gasteiger partial charge < -0.3 is 9.47 Å². The number of hydrogen-bond donors (Lipinski definition) is 0. The van der Waals surface area contributed by atoms with Crippen molar-refractivity contribution in [2.75, 3.05) is 50.9 Å². The van der Waals surface area contributed by atoms with Gasteiger partial charge in [0.25, 0.3) is 5.91 Å². The highest BCUT2D eigenvalue weighted by molar-refractivity contribution is 7.22. The molecular weight excluding hydrogens is 469 g/mol. The van der Waals surface area contributed by atoms with Gasteiger partial charge in [0.2, 0.25) is 0 Å². The molecule has 0 aliphatic carbocycles. The van der Waals surface area contributed by atoms with E-state index in [-0.39, 0.29) is 18.3 Å². The lowest BCUT2D eigenvalue weighted by Gasteiger charge is -2.27. The van der Waals surface area contributed by atoms with E-state index >= 15 is 0 Å². The van der Waals surface area contributed by atoms with Gasteiger partial charge >= 0.3 is 0 Å². The number of ether oxygens (including phenoxy) is 2. The van der Waals surface area contributed by atoms with Crippen LogP contribution in [0.15, 0.2) is 42.5 Å². The van der Waals surface area contributed by atoms with E-state index in [9.17, 15) is 4.79 Å². The van der Waals surface area contributed by atoms with Crippen LogP contribution < -0.4 is 9.64 Å². The summed E-state index contributed by atoms with van der Waals surface area (Å²) in [5.41, 5.74) is 1.35. The fourth-order valence-corrected chi connectivity index (χ4v) is 4.89. The third-order valence-corrected chi connectivity index (χ3v) is 6.56. The molecule has 0 N–H and O–H groups in total. The van der Waals surface area contributed by atoms with Crippen LogP contribution in [0.4, 0.5) is 5.13 Å². The summed E-state index contributed by atoms with van der Waals surface area (Å²) in [6.07, 6.45) is 0.854. The number of rotatable bonds is 8. The topological polar surface area (TPSA) is 54.9 Å². The standard InChI is InChI=1S/C23H26ClN3O3S.ClH/c1-2-30-18-9-7-17(8-10-18)22(28)27(12-4-11-26-13-15-29-16-14-26)23-25-21-19(24)5-3-6-20(21)31-23;/h3,5-10H,2,4,11-16H2,1H3;1H. The quantitative estimate of drug-likeness (QED) is 0.432. The Morgan fingerprint density at radius 3 is 2.66 bits per heavy atom. The van der Waals surface area contributed by atoms with Crippen molar-refractivity contribution in [1.82, 2.24) is 9.88 Å². The van der Waals surface area contributed by atoms with Crippen LogP contribution >= 0.6 is 35.3 Å². The fourth-order valence-electron chi connectivity index (χ4n) is 3.60. The Balaban J connectivity index is 0.00000289. The molecule has 2 heterocycles. The minimum atomic E-state index is -0.0693. The lowest BCUT2D eigenvalue weighted by Crippen LogP contribution is -2.39. The second-order valence-corrected chi connectivity index (χ2v) is 8.72. The van der Waals surface area contributed by atoms with Crippen LogP contribution in [-0.4, -0.2) is 61.8 Å². The van der Waals surface area contributed by atoms with E-state index < -0.39 is 0 Å². The summed E-state index contributed by atoms with van der Waals surface area (Å²) < 4.78 is 11.9. The Hall–Kier alpha value is -1.90. The van der Waals surface area contributed by atoms with Crippen molar-refractivity contribution >= 4 is 56.6 Å². The van der Waals surface area contributed by atoms with Gasteiger partial charge in [0, 0.05) is 31.7 Å². The largest absolute Gasteiger partial charge is 0.494 e. The maximum atomic E-state index is 13.4. The van der Waals surface area contributed by atoms with Crippen molar-refractivity contribution in [2.45, 2.75) is 13.3 Å². The van der Waals surface area contributed by atoms with Gasteiger partial charge in [0.15, 0.2) is 5.13 Å². The van der Waals surface area contributed by atoms with Crippen molar-refractivity contribution in [3.63, 3.8) is 0 Å². The first kappa shape index (κ1) is 24.7. The van der Waals surface area contributed by atoms with E-state index in [1.54, 1.807) is 4.90 Å². The average molecular weight is 496 g/mol. The van der Waals surface area contributed by atoms with E-state index in [4.69, 9.17) is 26.1 Å². The number of benzene rings is 2. The maximum absolute atomic E-state index is 13.4. The number of aromatic nitrogens is 1. The normalized spacial score (nSPS) is 14.2. The van der Waals surface area contributed by atoms with Crippen LogP contribution in [0.1, 0.15) is 23.7 Å². The molecule has 1 aromatic heterocycles. The smallest absolute Gasteiger partial charge is 0.260 e. The highest BCUT2D eigenvalue weighted by atomic mass is 35.5. The molecule has 1 saturated heterocycles. The van der Waals surface area contributed by atoms with E-state index in [0.717, 1.165) is 55.2 Å². The SMILES string of the molecule is CCOc1ccc(C(=O)N(CCCN2CCOCC2)c2nc3c(Cl)cccc3s2)cc1.Cl. The van der Waals surface area contributed by atoms with Crippen LogP contribution in [0.3, 0.4) is 0 Å². The predicted molar refractivity (Wildman–Crippen MR) is 133 cm³/mol. The van der Waals surface area contributed by atoms with E-state index in [2.05, 4.69) is 4.90 Å². The third kappa shape index (κ3) is 5.91. The van der Waals surface area contributed by atoms with Crippen molar-refractivity contribution in [1.29, 1.82) is 0 Å². The highest BCUT2D eigenvalue weighted by Gasteiger charge is 2.22. The van der Waals surface area contributed by atoms with Crippen LogP contribution in [0.5, 0.6) is 5.75 Å². The molecule has 1 aliphatic heterocycles. The molecule has 1 aliphatic rings. The van der Waals surface area contributed by atoms with Gasteiger partial charge in [-0.3, -0.25) is 14.6 Å². The van der Waals surface area contributed by atoms with E-state index in [1.807, 2.05) is 49.4 Å². The van der Waals surface area contributed by atoms with Crippen molar-refractivity contribution < 1.29 is 14.3 Å². The molecular formula is C23H27Cl2N3O3S. The highest BCUT2D eigenvalue weighted by Crippen LogP contribution is 2.33. The minimum absolute atomic E-state index is 0. The Morgan fingerprint density at radius 2 is 1.97 bits per heavy atom. The predicted octanol–water partition coefficient (Wildman–Crippen LogP) is 5.14. The Bertz CT molecular complexity index is 1020. The van der Waals surface area contributed by atoms with E-state index in [1.165, 1.54) is 11.3 Å². The molecule has 1 amide bonds. The number of anilines is 1. The maximum Gasteiger partial charge on any atom is 0.260 e. The van der Waals surface area contributed by atoms with Crippen LogP contribution in [0, 0.1) is 0 Å². The molecule has 6 nitrogen and oxygen atoms in total. The van der Waals surface area contributed by atoms with Gasteiger partial charge in [-0.2, -0.15) is 0 Å². The first-order chi connectivity index (χ1) is 15.2. The van der Waals surface area contributed by atoms with Crippen molar-refractivity contribution in [2.24, 2.45) is 0 Å².